The summed E-state index contributed by atoms with van der Waals surface area (Å²) in [5, 5.41) is 3.74. The SMILES string of the molecule is CCCNC(Cc1ccc(C)c(C)c1)C1CC1C. The number of hydrogen-bond acceptors (Lipinski definition) is 1. The van der Waals surface area contributed by atoms with Crippen LogP contribution in [0, 0.1) is 25.7 Å². The van der Waals surface area contributed by atoms with E-state index < -0.39 is 0 Å². The molecule has 0 aliphatic heterocycles. The van der Waals surface area contributed by atoms with Crippen molar-refractivity contribution in [3.8, 4) is 0 Å². The Bertz CT molecular complexity index is 397. The smallest absolute Gasteiger partial charge is 0.0138 e. The molecule has 0 saturated heterocycles. The van der Waals surface area contributed by atoms with Gasteiger partial charge < -0.3 is 5.32 Å². The lowest BCUT2D eigenvalue weighted by molar-refractivity contribution is 0.443. The van der Waals surface area contributed by atoms with Gasteiger partial charge >= 0.3 is 0 Å². The van der Waals surface area contributed by atoms with E-state index in [4.69, 9.17) is 0 Å². The Labute approximate surface area is 112 Å². The van der Waals surface area contributed by atoms with Crippen molar-refractivity contribution in [1.29, 1.82) is 0 Å². The summed E-state index contributed by atoms with van der Waals surface area (Å²) >= 11 is 0. The van der Waals surface area contributed by atoms with E-state index in [0.717, 1.165) is 18.4 Å². The normalized spacial score (nSPS) is 24.0. The Morgan fingerprint density at radius 1 is 1.28 bits per heavy atom. The minimum absolute atomic E-state index is 0.682. The van der Waals surface area contributed by atoms with Crippen LogP contribution in [0.3, 0.4) is 0 Å². The van der Waals surface area contributed by atoms with Crippen molar-refractivity contribution in [1.82, 2.24) is 5.32 Å². The average Bonchev–Trinajstić information content (AvgIpc) is 3.06. The molecule has 100 valence electrons. The largest absolute Gasteiger partial charge is 0.313 e. The molecule has 0 heterocycles. The van der Waals surface area contributed by atoms with Crippen LogP contribution in [0.15, 0.2) is 18.2 Å². The molecule has 1 aliphatic rings. The molecule has 0 radical (unpaired) electrons. The van der Waals surface area contributed by atoms with Crippen LogP contribution in [-0.2, 0) is 6.42 Å². The van der Waals surface area contributed by atoms with E-state index in [0.29, 0.717) is 6.04 Å². The third kappa shape index (κ3) is 3.35. The zero-order valence-corrected chi connectivity index (χ0v) is 12.3. The molecule has 1 nitrogen and oxygen atoms in total. The van der Waals surface area contributed by atoms with Gasteiger partial charge in [-0.2, -0.15) is 0 Å². The maximum atomic E-state index is 3.74. The molecule has 0 aromatic heterocycles. The van der Waals surface area contributed by atoms with Gasteiger partial charge in [0.1, 0.15) is 0 Å². The van der Waals surface area contributed by atoms with E-state index in [1.54, 1.807) is 0 Å². The van der Waals surface area contributed by atoms with Crippen LogP contribution >= 0.6 is 0 Å². The molecule has 3 atom stereocenters. The predicted octanol–water partition coefficient (Wildman–Crippen LogP) is 3.87. The number of nitrogens with one attached hydrogen (secondary N) is 1. The molecule has 18 heavy (non-hydrogen) atoms. The van der Waals surface area contributed by atoms with Gasteiger partial charge in [-0.3, -0.25) is 0 Å². The van der Waals surface area contributed by atoms with E-state index in [2.05, 4.69) is 51.2 Å². The van der Waals surface area contributed by atoms with Crippen LogP contribution in [0.5, 0.6) is 0 Å². The standard InChI is InChI=1S/C17H27N/c1-5-8-18-17(16-10-14(16)4)11-15-7-6-12(2)13(3)9-15/h6-7,9,14,16-18H,5,8,10-11H2,1-4H3. The Hall–Kier alpha value is -0.820. The summed E-state index contributed by atoms with van der Waals surface area (Å²) in [6.07, 6.45) is 3.83. The Kier molecular flexibility index (Phi) is 4.45. The van der Waals surface area contributed by atoms with Crippen molar-refractivity contribution >= 4 is 0 Å². The fourth-order valence-corrected chi connectivity index (χ4v) is 2.80. The van der Waals surface area contributed by atoms with E-state index in [1.807, 2.05) is 0 Å². The van der Waals surface area contributed by atoms with E-state index in [1.165, 1.54) is 36.0 Å². The lowest BCUT2D eigenvalue weighted by Gasteiger charge is -2.19. The molecule has 1 N–H and O–H groups in total. The second kappa shape index (κ2) is 5.88. The highest BCUT2D eigenvalue weighted by Crippen LogP contribution is 2.41. The van der Waals surface area contributed by atoms with Crippen molar-refractivity contribution in [2.24, 2.45) is 11.8 Å². The van der Waals surface area contributed by atoms with E-state index >= 15 is 0 Å². The molecule has 3 unspecified atom stereocenters. The molecule has 0 spiro atoms. The van der Waals surface area contributed by atoms with Crippen LogP contribution in [0.25, 0.3) is 0 Å². The molecule has 1 aromatic rings. The lowest BCUT2D eigenvalue weighted by atomic mass is 9.98. The monoisotopic (exact) mass is 245 g/mol. The minimum Gasteiger partial charge on any atom is -0.313 e. The van der Waals surface area contributed by atoms with E-state index in [-0.39, 0.29) is 0 Å². The maximum Gasteiger partial charge on any atom is 0.0138 e. The van der Waals surface area contributed by atoms with E-state index in [9.17, 15) is 0 Å². The van der Waals surface area contributed by atoms with Gasteiger partial charge in [0.15, 0.2) is 0 Å². The lowest BCUT2D eigenvalue weighted by Crippen LogP contribution is -2.34. The van der Waals surface area contributed by atoms with Crippen molar-refractivity contribution in [3.63, 3.8) is 0 Å². The number of benzene rings is 1. The first-order chi connectivity index (χ1) is 8.61. The first kappa shape index (κ1) is 13.6. The van der Waals surface area contributed by atoms with Gasteiger partial charge in [0.25, 0.3) is 0 Å². The van der Waals surface area contributed by atoms with Crippen molar-refractivity contribution in [3.05, 3.63) is 34.9 Å². The fraction of sp³-hybridized carbons (Fsp3) is 0.647. The van der Waals surface area contributed by atoms with Gasteiger partial charge in [-0.05, 0) is 68.2 Å². The van der Waals surface area contributed by atoms with Crippen molar-refractivity contribution in [2.75, 3.05) is 6.54 Å². The molecule has 1 aliphatic carbocycles. The van der Waals surface area contributed by atoms with Gasteiger partial charge in [0.05, 0.1) is 0 Å². The Morgan fingerprint density at radius 3 is 2.56 bits per heavy atom. The van der Waals surface area contributed by atoms with Gasteiger partial charge in [-0.1, -0.05) is 32.0 Å². The van der Waals surface area contributed by atoms with Gasteiger partial charge in [0.2, 0.25) is 0 Å². The van der Waals surface area contributed by atoms with Crippen LogP contribution in [-0.4, -0.2) is 12.6 Å². The first-order valence-corrected chi connectivity index (χ1v) is 7.41. The van der Waals surface area contributed by atoms with Gasteiger partial charge in [-0.15, -0.1) is 0 Å². The molecule has 0 amide bonds. The summed E-state index contributed by atoms with van der Waals surface area (Å²) < 4.78 is 0. The topological polar surface area (TPSA) is 12.0 Å². The molecule has 0 bridgehead atoms. The van der Waals surface area contributed by atoms with Gasteiger partial charge in [0, 0.05) is 6.04 Å². The summed E-state index contributed by atoms with van der Waals surface area (Å²) in [6, 6.07) is 7.61. The summed E-state index contributed by atoms with van der Waals surface area (Å²) in [6.45, 7) is 10.2. The van der Waals surface area contributed by atoms with Crippen LogP contribution in [0.1, 0.15) is 43.4 Å². The zero-order valence-electron chi connectivity index (χ0n) is 12.3. The second-order valence-corrected chi connectivity index (χ2v) is 6.06. The van der Waals surface area contributed by atoms with Crippen LogP contribution in [0.4, 0.5) is 0 Å². The number of aryl methyl sites for hydroxylation is 2. The Morgan fingerprint density at radius 2 is 2.00 bits per heavy atom. The van der Waals surface area contributed by atoms with Crippen LogP contribution < -0.4 is 5.32 Å². The molecular formula is C17H27N. The maximum absolute atomic E-state index is 3.74. The second-order valence-electron chi connectivity index (χ2n) is 6.06. The summed E-state index contributed by atoms with van der Waals surface area (Å²) in [5.74, 6) is 1.82. The molecular weight excluding hydrogens is 218 g/mol. The number of hydrogen-bond donors (Lipinski definition) is 1. The highest BCUT2D eigenvalue weighted by Gasteiger charge is 2.38. The quantitative estimate of drug-likeness (QED) is 0.802. The molecule has 1 aromatic carbocycles. The molecule has 2 rings (SSSR count). The highest BCUT2D eigenvalue weighted by molar-refractivity contribution is 5.30. The van der Waals surface area contributed by atoms with Gasteiger partial charge in [-0.25, -0.2) is 0 Å². The first-order valence-electron chi connectivity index (χ1n) is 7.41. The molecule has 1 saturated carbocycles. The average molecular weight is 245 g/mol. The van der Waals surface area contributed by atoms with Crippen LogP contribution in [0.2, 0.25) is 0 Å². The minimum atomic E-state index is 0.682. The number of rotatable bonds is 6. The van der Waals surface area contributed by atoms with Crippen molar-refractivity contribution < 1.29 is 0 Å². The molecule has 1 heteroatoms. The third-order valence-corrected chi connectivity index (χ3v) is 4.37. The summed E-state index contributed by atoms with van der Waals surface area (Å²) in [7, 11) is 0. The third-order valence-electron chi connectivity index (χ3n) is 4.37. The zero-order chi connectivity index (χ0) is 13.1. The summed E-state index contributed by atoms with van der Waals surface area (Å²) in [5.41, 5.74) is 4.31. The fourth-order valence-electron chi connectivity index (χ4n) is 2.80. The highest BCUT2D eigenvalue weighted by atomic mass is 14.9. The summed E-state index contributed by atoms with van der Waals surface area (Å²) in [4.78, 5) is 0. The molecule has 1 fully saturated rings. The Balaban J connectivity index is 2.00. The van der Waals surface area contributed by atoms with Crippen molar-refractivity contribution in [2.45, 2.75) is 53.0 Å². The predicted molar refractivity (Wildman–Crippen MR) is 79.0 cm³/mol.